The van der Waals surface area contributed by atoms with E-state index >= 15 is 0 Å². The van der Waals surface area contributed by atoms with Crippen molar-refractivity contribution in [2.24, 2.45) is 0 Å². The number of nitrogens with zero attached hydrogens (tertiary/aromatic N) is 1. The molecule has 0 unspecified atom stereocenters. The lowest BCUT2D eigenvalue weighted by atomic mass is 10.2. The highest BCUT2D eigenvalue weighted by Gasteiger charge is 2.32. The van der Waals surface area contributed by atoms with Crippen LogP contribution in [0.4, 0.5) is 23.2 Å². The lowest BCUT2D eigenvalue weighted by molar-refractivity contribution is -0.137. The molecule has 2 aromatic rings. The minimum Gasteiger partial charge on any atom is -0.491 e. The Morgan fingerprint density at radius 2 is 1.54 bits per heavy atom. The van der Waals surface area contributed by atoms with Gasteiger partial charge in [0.15, 0.2) is 17.4 Å². The fourth-order valence-electron chi connectivity index (χ4n) is 2.70. The molecule has 1 heterocycles. The van der Waals surface area contributed by atoms with Crippen LogP contribution < -0.4 is 10.1 Å². The number of carbonyl (C=O) groups excluding carboxylic acids is 2. The second kappa shape index (κ2) is 7.34. The number of ether oxygens (including phenoxy) is 1. The smallest absolute Gasteiger partial charge is 0.277 e. The fourth-order valence-corrected chi connectivity index (χ4v) is 2.70. The van der Waals surface area contributed by atoms with Gasteiger partial charge < -0.3 is 10.1 Å². The minimum absolute atomic E-state index is 0.0274. The molecular formula is C19H14F4N2O3. The third-order valence-corrected chi connectivity index (χ3v) is 4.17. The van der Waals surface area contributed by atoms with Gasteiger partial charge in [-0.2, -0.15) is 0 Å². The van der Waals surface area contributed by atoms with Crippen LogP contribution in [-0.2, 0) is 16.1 Å². The van der Waals surface area contributed by atoms with E-state index in [1.807, 2.05) is 0 Å². The summed E-state index contributed by atoms with van der Waals surface area (Å²) < 4.78 is 59.5. The van der Waals surface area contributed by atoms with Crippen LogP contribution in [0.1, 0.15) is 11.1 Å². The second-order valence-electron chi connectivity index (χ2n) is 6.07. The Bertz CT molecular complexity index is 974. The van der Waals surface area contributed by atoms with E-state index in [-0.39, 0.29) is 22.5 Å². The number of benzene rings is 2. The molecule has 0 atom stereocenters. The molecule has 0 radical (unpaired) electrons. The summed E-state index contributed by atoms with van der Waals surface area (Å²) in [6.45, 7) is 0.862. The van der Waals surface area contributed by atoms with Crippen LogP contribution in [-0.4, -0.2) is 23.8 Å². The molecule has 0 spiro atoms. The van der Waals surface area contributed by atoms with Crippen LogP contribution in [0.2, 0.25) is 0 Å². The predicted octanol–water partition coefficient (Wildman–Crippen LogP) is 3.42. The number of amides is 2. The van der Waals surface area contributed by atoms with E-state index in [9.17, 15) is 27.2 Å². The number of nitrogens with one attached hydrogen (secondary N) is 1. The molecule has 0 saturated carbocycles. The molecule has 2 amide bonds. The van der Waals surface area contributed by atoms with Gasteiger partial charge in [-0.3, -0.25) is 14.5 Å². The number of hydrogen-bond acceptors (Lipinski definition) is 4. The first-order chi connectivity index (χ1) is 13.2. The van der Waals surface area contributed by atoms with Crippen LogP contribution in [0.5, 0.6) is 5.75 Å². The van der Waals surface area contributed by atoms with E-state index in [0.29, 0.717) is 0 Å². The van der Waals surface area contributed by atoms with Crippen molar-refractivity contribution >= 4 is 17.5 Å². The van der Waals surface area contributed by atoms with Gasteiger partial charge in [0.1, 0.15) is 17.3 Å². The number of halogens is 4. The lowest BCUT2D eigenvalue weighted by Crippen LogP contribution is -2.31. The van der Waals surface area contributed by atoms with Crippen LogP contribution in [0.25, 0.3) is 0 Å². The average molecular weight is 394 g/mol. The Kier molecular flexibility index (Phi) is 5.08. The van der Waals surface area contributed by atoms with Crippen molar-refractivity contribution in [2.75, 3.05) is 12.4 Å². The topological polar surface area (TPSA) is 58.6 Å². The molecule has 1 N–H and O–H groups in total. The zero-order chi connectivity index (χ0) is 20.6. The normalized spacial score (nSPS) is 13.8. The van der Waals surface area contributed by atoms with Crippen LogP contribution in [0.3, 0.4) is 0 Å². The third kappa shape index (κ3) is 3.55. The standard InChI is InChI=1S/C19H14F4N2O3/c1-9-12(20)5-11(6-13(9)21)24-16-7-17(26)25(19(16)27)8-10-3-14(22)18(28-2)15(23)4-10/h3-7,24H,8H2,1-2H3. The lowest BCUT2D eigenvalue weighted by Gasteiger charge is -2.16. The molecule has 146 valence electrons. The molecule has 3 rings (SSSR count). The van der Waals surface area contributed by atoms with Gasteiger partial charge in [-0.1, -0.05) is 0 Å². The summed E-state index contributed by atoms with van der Waals surface area (Å²) in [5.74, 6) is -5.71. The predicted molar refractivity (Wildman–Crippen MR) is 91.3 cm³/mol. The van der Waals surface area contributed by atoms with Crippen LogP contribution in [0.15, 0.2) is 36.0 Å². The van der Waals surface area contributed by atoms with Crippen molar-refractivity contribution in [1.29, 1.82) is 0 Å². The maximum absolute atomic E-state index is 13.8. The van der Waals surface area contributed by atoms with E-state index < -0.39 is 47.4 Å². The summed E-state index contributed by atoms with van der Waals surface area (Å²) in [6, 6.07) is 3.85. The first-order valence-electron chi connectivity index (χ1n) is 8.03. The quantitative estimate of drug-likeness (QED) is 0.624. The van der Waals surface area contributed by atoms with Crippen molar-refractivity contribution in [3.8, 4) is 5.75 Å². The maximum Gasteiger partial charge on any atom is 0.277 e. The highest BCUT2D eigenvalue weighted by molar-refractivity contribution is 6.17. The molecule has 1 aliphatic heterocycles. The molecule has 1 aliphatic rings. The minimum atomic E-state index is -0.978. The zero-order valence-electron chi connectivity index (χ0n) is 14.8. The Morgan fingerprint density at radius 1 is 0.964 bits per heavy atom. The fraction of sp³-hybridized carbons (Fsp3) is 0.158. The molecule has 9 heteroatoms. The van der Waals surface area contributed by atoms with Gasteiger partial charge in [0.05, 0.1) is 13.7 Å². The van der Waals surface area contributed by atoms with Gasteiger partial charge in [-0.15, -0.1) is 0 Å². The third-order valence-electron chi connectivity index (χ3n) is 4.17. The monoisotopic (exact) mass is 394 g/mol. The van der Waals surface area contributed by atoms with Crippen molar-refractivity contribution in [2.45, 2.75) is 13.5 Å². The van der Waals surface area contributed by atoms with Gasteiger partial charge in [0.2, 0.25) is 0 Å². The number of carbonyl (C=O) groups is 2. The maximum atomic E-state index is 13.8. The summed E-state index contributed by atoms with van der Waals surface area (Å²) in [6.07, 6.45) is 0.939. The number of rotatable bonds is 5. The van der Waals surface area contributed by atoms with E-state index in [2.05, 4.69) is 10.1 Å². The molecule has 0 bridgehead atoms. The Hall–Kier alpha value is -3.36. The van der Waals surface area contributed by atoms with Crippen LogP contribution >= 0.6 is 0 Å². The summed E-state index contributed by atoms with van der Waals surface area (Å²) in [5.41, 5.74) is -0.434. The van der Waals surface area contributed by atoms with Gasteiger partial charge >= 0.3 is 0 Å². The molecule has 5 nitrogen and oxygen atoms in total. The first-order valence-corrected chi connectivity index (χ1v) is 8.03. The van der Waals surface area contributed by atoms with E-state index in [1.165, 1.54) is 6.92 Å². The zero-order valence-corrected chi connectivity index (χ0v) is 14.8. The molecular weight excluding hydrogens is 380 g/mol. The first kappa shape index (κ1) is 19.4. The summed E-state index contributed by atoms with van der Waals surface area (Å²) >= 11 is 0. The number of imide groups is 1. The number of anilines is 1. The highest BCUT2D eigenvalue weighted by Crippen LogP contribution is 2.26. The molecule has 0 aromatic heterocycles. The molecule has 28 heavy (non-hydrogen) atoms. The number of methoxy groups -OCH3 is 1. The highest BCUT2D eigenvalue weighted by atomic mass is 19.1. The van der Waals surface area contributed by atoms with Crippen molar-refractivity contribution < 1.29 is 31.9 Å². The van der Waals surface area contributed by atoms with Crippen LogP contribution in [0, 0.1) is 30.2 Å². The largest absolute Gasteiger partial charge is 0.491 e. The number of hydrogen-bond donors (Lipinski definition) is 1. The molecule has 2 aromatic carbocycles. The summed E-state index contributed by atoms with van der Waals surface area (Å²) in [7, 11) is 1.10. The van der Waals surface area contributed by atoms with Gasteiger partial charge in [0, 0.05) is 17.3 Å². The Labute approximate surface area is 157 Å². The average Bonchev–Trinajstić information content (AvgIpc) is 2.87. The molecule has 0 saturated heterocycles. The van der Waals surface area contributed by atoms with Crippen molar-refractivity contribution in [3.63, 3.8) is 0 Å². The van der Waals surface area contributed by atoms with Gasteiger partial charge in [-0.25, -0.2) is 17.6 Å². The Balaban J connectivity index is 1.79. The Morgan fingerprint density at radius 3 is 2.07 bits per heavy atom. The molecule has 0 fully saturated rings. The molecule has 0 aliphatic carbocycles. The second-order valence-corrected chi connectivity index (χ2v) is 6.07. The van der Waals surface area contributed by atoms with Gasteiger partial charge in [-0.05, 0) is 36.8 Å². The van der Waals surface area contributed by atoms with E-state index in [1.54, 1.807) is 0 Å². The summed E-state index contributed by atoms with van der Waals surface area (Å²) in [4.78, 5) is 25.3. The van der Waals surface area contributed by atoms with Crippen molar-refractivity contribution in [1.82, 2.24) is 4.90 Å². The van der Waals surface area contributed by atoms with E-state index in [4.69, 9.17) is 0 Å². The van der Waals surface area contributed by atoms with E-state index in [0.717, 1.165) is 42.4 Å². The summed E-state index contributed by atoms with van der Waals surface area (Å²) in [5, 5.41) is 2.49. The van der Waals surface area contributed by atoms with Crippen molar-refractivity contribution in [3.05, 3.63) is 70.4 Å². The van der Waals surface area contributed by atoms with Gasteiger partial charge in [0.25, 0.3) is 11.8 Å². The SMILES string of the molecule is COc1c(F)cc(CN2C(=O)C=C(Nc3cc(F)c(C)c(F)c3)C2=O)cc1F.